The van der Waals surface area contributed by atoms with Gasteiger partial charge in [0, 0.05) is 46.6 Å². The SMILES string of the molecule is Cn1nc(-c2ccc(F)cc2F)c2c1NCCSC2c1ccc(Cl)cc1Cl. The van der Waals surface area contributed by atoms with E-state index in [1.54, 1.807) is 35.6 Å². The number of aromatic nitrogens is 2. The predicted octanol–water partition coefficient (Wildman–Crippen LogP) is 5.92. The minimum absolute atomic E-state index is 0.159. The van der Waals surface area contributed by atoms with Gasteiger partial charge in [-0.2, -0.15) is 5.10 Å². The Bertz CT molecular complexity index is 1020. The van der Waals surface area contributed by atoms with Crippen molar-refractivity contribution in [2.75, 3.05) is 17.6 Å². The quantitative estimate of drug-likeness (QED) is 0.552. The van der Waals surface area contributed by atoms with Crippen molar-refractivity contribution in [3.63, 3.8) is 0 Å². The van der Waals surface area contributed by atoms with Crippen LogP contribution in [-0.2, 0) is 7.05 Å². The van der Waals surface area contributed by atoms with Crippen molar-refractivity contribution in [3.05, 3.63) is 69.2 Å². The summed E-state index contributed by atoms with van der Waals surface area (Å²) in [6.07, 6.45) is 0. The molecule has 2 heterocycles. The number of hydrogen-bond donors (Lipinski definition) is 1. The van der Waals surface area contributed by atoms with Crippen LogP contribution in [0.4, 0.5) is 14.6 Å². The van der Waals surface area contributed by atoms with Gasteiger partial charge in [0.15, 0.2) is 0 Å². The lowest BCUT2D eigenvalue weighted by molar-refractivity contribution is 0.585. The molecule has 1 aromatic heterocycles. The highest BCUT2D eigenvalue weighted by Crippen LogP contribution is 2.48. The van der Waals surface area contributed by atoms with Gasteiger partial charge in [0.05, 0.1) is 5.25 Å². The first-order chi connectivity index (χ1) is 13.0. The molecule has 0 saturated carbocycles. The van der Waals surface area contributed by atoms with Gasteiger partial charge < -0.3 is 5.32 Å². The molecule has 0 fully saturated rings. The molecule has 140 valence electrons. The van der Waals surface area contributed by atoms with Crippen molar-refractivity contribution < 1.29 is 8.78 Å². The van der Waals surface area contributed by atoms with Gasteiger partial charge in [0.25, 0.3) is 0 Å². The smallest absolute Gasteiger partial charge is 0.135 e. The zero-order valence-electron chi connectivity index (χ0n) is 14.3. The summed E-state index contributed by atoms with van der Waals surface area (Å²) in [6, 6.07) is 8.90. The summed E-state index contributed by atoms with van der Waals surface area (Å²) in [4.78, 5) is 0. The molecule has 1 atom stereocenters. The number of fused-ring (bicyclic) bond motifs is 1. The standard InChI is InChI=1S/C19H15Cl2F2N3S/c1-26-19-16(17(25-26)13-5-3-11(22)9-15(13)23)18(27-7-6-24-19)12-4-2-10(20)8-14(12)21/h2-5,8-9,18,24H,6-7H2,1H3. The molecule has 0 radical (unpaired) electrons. The first-order valence-electron chi connectivity index (χ1n) is 8.28. The first-order valence-corrected chi connectivity index (χ1v) is 10.1. The highest BCUT2D eigenvalue weighted by Gasteiger charge is 2.31. The highest BCUT2D eigenvalue weighted by atomic mass is 35.5. The first kappa shape index (κ1) is 18.6. The van der Waals surface area contributed by atoms with Crippen molar-refractivity contribution in [3.8, 4) is 11.3 Å². The number of aryl methyl sites for hydroxylation is 1. The van der Waals surface area contributed by atoms with Gasteiger partial charge >= 0.3 is 0 Å². The second kappa shape index (κ2) is 7.34. The molecule has 0 spiro atoms. The van der Waals surface area contributed by atoms with Crippen LogP contribution in [0.5, 0.6) is 0 Å². The maximum absolute atomic E-state index is 14.5. The predicted molar refractivity (Wildman–Crippen MR) is 108 cm³/mol. The molecule has 8 heteroatoms. The lowest BCUT2D eigenvalue weighted by atomic mass is 9.99. The van der Waals surface area contributed by atoms with Crippen LogP contribution in [0, 0.1) is 11.6 Å². The summed E-state index contributed by atoms with van der Waals surface area (Å²) in [6.45, 7) is 0.740. The van der Waals surface area contributed by atoms with E-state index < -0.39 is 11.6 Å². The van der Waals surface area contributed by atoms with E-state index in [-0.39, 0.29) is 10.8 Å². The van der Waals surface area contributed by atoms with Crippen LogP contribution in [0.2, 0.25) is 10.0 Å². The fourth-order valence-electron chi connectivity index (χ4n) is 3.27. The van der Waals surface area contributed by atoms with Crippen LogP contribution in [0.15, 0.2) is 36.4 Å². The fourth-order valence-corrected chi connectivity index (χ4v) is 5.08. The maximum Gasteiger partial charge on any atom is 0.135 e. The molecule has 0 aliphatic carbocycles. The Balaban J connectivity index is 1.94. The van der Waals surface area contributed by atoms with Gasteiger partial charge in [-0.05, 0) is 29.8 Å². The second-order valence-electron chi connectivity index (χ2n) is 6.20. The Morgan fingerprint density at radius 2 is 2.00 bits per heavy atom. The van der Waals surface area contributed by atoms with Crippen LogP contribution >= 0.6 is 35.0 Å². The van der Waals surface area contributed by atoms with E-state index in [0.29, 0.717) is 15.7 Å². The molecule has 2 aromatic carbocycles. The molecule has 1 N–H and O–H groups in total. The van der Waals surface area contributed by atoms with Crippen LogP contribution in [0.3, 0.4) is 0 Å². The third-order valence-corrected chi connectivity index (χ3v) is 6.28. The van der Waals surface area contributed by atoms with E-state index in [2.05, 4.69) is 10.4 Å². The van der Waals surface area contributed by atoms with Crippen LogP contribution in [-0.4, -0.2) is 22.1 Å². The van der Waals surface area contributed by atoms with E-state index in [1.807, 2.05) is 6.07 Å². The number of nitrogens with zero attached hydrogens (tertiary/aromatic N) is 2. The average Bonchev–Trinajstić information content (AvgIpc) is 2.78. The van der Waals surface area contributed by atoms with Crippen LogP contribution in [0.25, 0.3) is 11.3 Å². The Morgan fingerprint density at radius 1 is 1.19 bits per heavy atom. The molecular weight excluding hydrogens is 411 g/mol. The van der Waals surface area contributed by atoms with Crippen molar-refractivity contribution in [2.45, 2.75) is 5.25 Å². The summed E-state index contributed by atoms with van der Waals surface area (Å²) in [5.74, 6) is 0.368. The van der Waals surface area contributed by atoms with Gasteiger partial charge in [0.2, 0.25) is 0 Å². The highest BCUT2D eigenvalue weighted by molar-refractivity contribution is 7.99. The van der Waals surface area contributed by atoms with E-state index in [1.165, 1.54) is 12.1 Å². The molecule has 0 amide bonds. The van der Waals surface area contributed by atoms with Crippen molar-refractivity contribution in [1.29, 1.82) is 0 Å². The third kappa shape index (κ3) is 3.42. The van der Waals surface area contributed by atoms with Gasteiger partial charge in [0.1, 0.15) is 23.1 Å². The third-order valence-electron chi connectivity index (χ3n) is 4.46. The lowest BCUT2D eigenvalue weighted by Crippen LogP contribution is -2.06. The van der Waals surface area contributed by atoms with Gasteiger partial charge in [-0.25, -0.2) is 8.78 Å². The average molecular weight is 426 g/mol. The molecule has 3 nitrogen and oxygen atoms in total. The summed E-state index contributed by atoms with van der Waals surface area (Å²) in [5, 5.41) is 8.82. The Hall–Kier alpha value is -1.76. The zero-order valence-corrected chi connectivity index (χ0v) is 16.6. The summed E-state index contributed by atoms with van der Waals surface area (Å²) < 4.78 is 29.6. The Morgan fingerprint density at radius 3 is 2.74 bits per heavy atom. The molecule has 1 aliphatic rings. The molecule has 0 bridgehead atoms. The Labute approximate surface area is 169 Å². The van der Waals surface area contributed by atoms with Gasteiger partial charge in [-0.3, -0.25) is 4.68 Å². The molecular formula is C19H15Cl2F2N3S. The normalized spacial score (nSPS) is 16.6. The van der Waals surface area contributed by atoms with E-state index in [0.717, 1.165) is 35.3 Å². The molecule has 1 unspecified atom stereocenters. The number of rotatable bonds is 2. The number of halogens is 4. The van der Waals surface area contributed by atoms with E-state index in [4.69, 9.17) is 23.2 Å². The second-order valence-corrected chi connectivity index (χ2v) is 8.26. The molecule has 0 saturated heterocycles. The fraction of sp³-hybridized carbons (Fsp3) is 0.211. The van der Waals surface area contributed by atoms with Gasteiger partial charge in [-0.1, -0.05) is 29.3 Å². The van der Waals surface area contributed by atoms with Crippen molar-refractivity contribution in [1.82, 2.24) is 9.78 Å². The number of benzene rings is 2. The monoisotopic (exact) mass is 425 g/mol. The van der Waals surface area contributed by atoms with Crippen LogP contribution in [0.1, 0.15) is 16.4 Å². The lowest BCUT2D eigenvalue weighted by Gasteiger charge is -2.18. The molecule has 1 aliphatic heterocycles. The summed E-state index contributed by atoms with van der Waals surface area (Å²) in [7, 11) is 1.80. The summed E-state index contributed by atoms with van der Waals surface area (Å²) >= 11 is 14.2. The van der Waals surface area contributed by atoms with Gasteiger partial charge in [-0.15, -0.1) is 11.8 Å². The number of anilines is 1. The van der Waals surface area contributed by atoms with Crippen LogP contribution < -0.4 is 5.32 Å². The van der Waals surface area contributed by atoms with Crippen molar-refractivity contribution in [2.24, 2.45) is 7.05 Å². The van der Waals surface area contributed by atoms with E-state index >= 15 is 0 Å². The minimum Gasteiger partial charge on any atom is -0.369 e. The molecule has 4 rings (SSSR count). The largest absolute Gasteiger partial charge is 0.369 e. The Kier molecular flexibility index (Phi) is 5.05. The number of hydrogen-bond acceptors (Lipinski definition) is 3. The molecule has 27 heavy (non-hydrogen) atoms. The topological polar surface area (TPSA) is 29.9 Å². The maximum atomic E-state index is 14.5. The molecule has 3 aromatic rings. The minimum atomic E-state index is -0.647. The van der Waals surface area contributed by atoms with Crippen molar-refractivity contribution >= 4 is 40.8 Å². The number of nitrogens with one attached hydrogen (secondary N) is 1. The number of thioether (sulfide) groups is 1. The van der Waals surface area contributed by atoms with E-state index in [9.17, 15) is 8.78 Å². The summed E-state index contributed by atoms with van der Waals surface area (Å²) in [5.41, 5.74) is 2.44. The zero-order chi connectivity index (χ0) is 19.1.